The molecule has 1 aromatic rings. The zero-order valence-corrected chi connectivity index (χ0v) is 9.27. The zero-order chi connectivity index (χ0) is 10.2. The third kappa shape index (κ3) is 2.09. The molecule has 0 amide bonds. The number of nitrogens with one attached hydrogen (secondary N) is 1. The Hall–Kier alpha value is -0.840. The Morgan fingerprint density at radius 1 is 1.46 bits per heavy atom. The van der Waals surface area contributed by atoms with E-state index < -0.39 is 0 Å². The van der Waals surface area contributed by atoms with E-state index in [1.165, 1.54) is 0 Å². The summed E-state index contributed by atoms with van der Waals surface area (Å²) in [5, 5.41) is 9.27. The Morgan fingerprint density at radius 2 is 2.00 bits per heavy atom. The van der Waals surface area contributed by atoms with Crippen molar-refractivity contribution in [1.82, 2.24) is 9.97 Å². The van der Waals surface area contributed by atoms with Gasteiger partial charge in [0, 0.05) is 5.41 Å². The average molecular weight is 247 g/mol. The molecule has 0 spiro atoms. The van der Waals surface area contributed by atoms with Gasteiger partial charge in [-0.25, -0.2) is 0 Å². The first-order valence-corrected chi connectivity index (χ1v) is 4.61. The molecule has 0 aromatic carbocycles. The van der Waals surface area contributed by atoms with E-state index in [0.717, 1.165) is 0 Å². The highest BCUT2D eigenvalue weighted by atomic mass is 79.9. The van der Waals surface area contributed by atoms with Crippen LogP contribution in [0.3, 0.4) is 0 Å². The van der Waals surface area contributed by atoms with Crippen LogP contribution < -0.4 is 5.56 Å². The topological polar surface area (TPSA) is 66.0 Å². The summed E-state index contributed by atoms with van der Waals surface area (Å²) >= 11 is 2.92. The summed E-state index contributed by atoms with van der Waals surface area (Å²) in [6, 6.07) is 0. The number of aromatic amines is 1. The van der Waals surface area contributed by atoms with Gasteiger partial charge < -0.3 is 10.1 Å². The maximum Gasteiger partial charge on any atom is 0.269 e. The molecule has 1 heterocycles. The summed E-state index contributed by atoms with van der Waals surface area (Å²) in [7, 11) is 0. The molecule has 4 nitrogen and oxygen atoms in total. The van der Waals surface area contributed by atoms with Gasteiger partial charge in [0.05, 0.1) is 0 Å². The van der Waals surface area contributed by atoms with E-state index in [4.69, 9.17) is 0 Å². The molecule has 0 aliphatic rings. The lowest BCUT2D eigenvalue weighted by Gasteiger charge is -2.16. The van der Waals surface area contributed by atoms with Crippen LogP contribution in [0, 0.1) is 0 Å². The maximum absolute atomic E-state index is 11.2. The molecular weight excluding hydrogens is 236 g/mol. The van der Waals surface area contributed by atoms with Gasteiger partial charge in [-0.05, 0) is 15.9 Å². The SMILES string of the molecule is CC(C)(C)c1nc(O)c(Br)c(=O)[nH]1. The summed E-state index contributed by atoms with van der Waals surface area (Å²) in [4.78, 5) is 17.6. The van der Waals surface area contributed by atoms with Gasteiger partial charge >= 0.3 is 0 Å². The number of rotatable bonds is 0. The predicted octanol–water partition coefficient (Wildman–Crippen LogP) is 1.54. The fourth-order valence-electron chi connectivity index (χ4n) is 0.802. The van der Waals surface area contributed by atoms with Crippen LogP contribution in [0.15, 0.2) is 9.27 Å². The van der Waals surface area contributed by atoms with Crippen LogP contribution in [-0.2, 0) is 5.41 Å². The first-order chi connectivity index (χ1) is 5.82. The van der Waals surface area contributed by atoms with Crippen LogP contribution in [0.25, 0.3) is 0 Å². The fourth-order valence-corrected chi connectivity index (χ4v) is 0.990. The lowest BCUT2D eigenvalue weighted by atomic mass is 9.96. The molecule has 0 fully saturated rings. The summed E-state index contributed by atoms with van der Waals surface area (Å²) < 4.78 is 0.0699. The number of hydrogen-bond donors (Lipinski definition) is 2. The molecule has 0 unspecified atom stereocenters. The summed E-state index contributed by atoms with van der Waals surface area (Å²) in [5.74, 6) is 0.201. The average Bonchev–Trinajstić information content (AvgIpc) is 1.97. The van der Waals surface area contributed by atoms with E-state index in [2.05, 4.69) is 25.9 Å². The number of H-pyrrole nitrogens is 1. The van der Waals surface area contributed by atoms with Crippen molar-refractivity contribution >= 4 is 15.9 Å². The van der Waals surface area contributed by atoms with Gasteiger partial charge in [0.25, 0.3) is 5.56 Å². The number of nitrogens with zero attached hydrogens (tertiary/aromatic N) is 1. The second kappa shape index (κ2) is 3.14. The molecule has 0 aliphatic heterocycles. The van der Waals surface area contributed by atoms with Crippen LogP contribution in [0.5, 0.6) is 5.88 Å². The first-order valence-electron chi connectivity index (χ1n) is 3.81. The third-order valence-corrected chi connectivity index (χ3v) is 2.27. The van der Waals surface area contributed by atoms with Crippen molar-refractivity contribution < 1.29 is 5.11 Å². The minimum atomic E-state index is -0.363. The third-order valence-electron chi connectivity index (χ3n) is 1.56. The summed E-state index contributed by atoms with van der Waals surface area (Å²) in [6.07, 6.45) is 0. The van der Waals surface area contributed by atoms with Gasteiger partial charge in [-0.2, -0.15) is 4.98 Å². The van der Waals surface area contributed by atoms with E-state index >= 15 is 0 Å². The quantitative estimate of drug-likeness (QED) is 0.730. The Labute approximate surface area is 84.2 Å². The molecule has 2 N–H and O–H groups in total. The van der Waals surface area contributed by atoms with Crippen LogP contribution in [0.1, 0.15) is 26.6 Å². The highest BCUT2D eigenvalue weighted by Gasteiger charge is 2.19. The predicted molar refractivity (Wildman–Crippen MR) is 52.9 cm³/mol. The molecule has 0 radical (unpaired) electrons. The molecule has 1 aromatic heterocycles. The van der Waals surface area contributed by atoms with Crippen molar-refractivity contribution in [3.8, 4) is 5.88 Å². The van der Waals surface area contributed by atoms with Crippen molar-refractivity contribution in [3.05, 3.63) is 20.7 Å². The van der Waals surface area contributed by atoms with Gasteiger partial charge in [-0.1, -0.05) is 20.8 Å². The number of hydrogen-bond acceptors (Lipinski definition) is 3. The first kappa shape index (κ1) is 10.2. The maximum atomic E-state index is 11.2. The van der Waals surface area contributed by atoms with Crippen molar-refractivity contribution in [3.63, 3.8) is 0 Å². The molecule has 0 saturated heterocycles. The normalized spacial score (nSPS) is 11.7. The molecule has 0 bridgehead atoms. The van der Waals surface area contributed by atoms with Crippen LogP contribution in [0.4, 0.5) is 0 Å². The number of aromatic hydroxyl groups is 1. The number of aromatic nitrogens is 2. The Morgan fingerprint density at radius 3 is 2.38 bits per heavy atom. The second-order valence-corrected chi connectivity index (χ2v) is 4.60. The molecule has 1 rings (SSSR count). The van der Waals surface area contributed by atoms with E-state index in [9.17, 15) is 9.90 Å². The molecule has 5 heteroatoms. The molecule has 0 aliphatic carbocycles. The molecule has 72 valence electrons. The second-order valence-electron chi connectivity index (χ2n) is 3.80. The smallest absolute Gasteiger partial charge is 0.269 e. The van der Waals surface area contributed by atoms with Crippen molar-refractivity contribution in [2.24, 2.45) is 0 Å². The van der Waals surface area contributed by atoms with Crippen LogP contribution >= 0.6 is 15.9 Å². The van der Waals surface area contributed by atoms with E-state index in [0.29, 0.717) is 5.82 Å². The van der Waals surface area contributed by atoms with Crippen molar-refractivity contribution in [2.75, 3.05) is 0 Å². The van der Waals surface area contributed by atoms with Gasteiger partial charge in [0.2, 0.25) is 5.88 Å². The van der Waals surface area contributed by atoms with Gasteiger partial charge in [-0.15, -0.1) is 0 Å². The van der Waals surface area contributed by atoms with E-state index in [-0.39, 0.29) is 21.3 Å². The monoisotopic (exact) mass is 246 g/mol. The largest absolute Gasteiger partial charge is 0.492 e. The summed E-state index contributed by atoms with van der Waals surface area (Å²) in [5.41, 5.74) is -0.644. The molecule has 0 atom stereocenters. The molecule has 13 heavy (non-hydrogen) atoms. The van der Waals surface area contributed by atoms with Crippen molar-refractivity contribution in [2.45, 2.75) is 26.2 Å². The Balaban J connectivity index is 3.38. The highest BCUT2D eigenvalue weighted by Crippen LogP contribution is 2.21. The molecule has 0 saturated carbocycles. The standard InChI is InChI=1S/C8H11BrN2O2/c1-8(2,3)7-10-5(12)4(9)6(13)11-7/h1-3H3,(H2,10,11,12,13). The van der Waals surface area contributed by atoms with Gasteiger partial charge in [0.15, 0.2) is 0 Å². The Bertz CT molecular complexity index is 379. The Kier molecular flexibility index (Phi) is 2.47. The fraction of sp³-hybridized carbons (Fsp3) is 0.500. The summed E-state index contributed by atoms with van der Waals surface area (Å²) in [6.45, 7) is 5.70. The van der Waals surface area contributed by atoms with Gasteiger partial charge in [-0.3, -0.25) is 4.79 Å². The lowest BCUT2D eigenvalue weighted by molar-refractivity contribution is 0.430. The van der Waals surface area contributed by atoms with E-state index in [1.807, 2.05) is 20.8 Å². The number of halogens is 1. The minimum absolute atomic E-state index is 0.0699. The lowest BCUT2D eigenvalue weighted by Crippen LogP contribution is -2.22. The zero-order valence-electron chi connectivity index (χ0n) is 7.68. The highest BCUT2D eigenvalue weighted by molar-refractivity contribution is 9.10. The molecular formula is C8H11BrN2O2. The van der Waals surface area contributed by atoms with Crippen LogP contribution in [0.2, 0.25) is 0 Å². The van der Waals surface area contributed by atoms with Crippen molar-refractivity contribution in [1.29, 1.82) is 0 Å². The van der Waals surface area contributed by atoms with E-state index in [1.54, 1.807) is 0 Å². The minimum Gasteiger partial charge on any atom is -0.492 e. The van der Waals surface area contributed by atoms with Gasteiger partial charge in [0.1, 0.15) is 10.3 Å². The van der Waals surface area contributed by atoms with Crippen LogP contribution in [-0.4, -0.2) is 15.1 Å².